The highest BCUT2D eigenvalue weighted by molar-refractivity contribution is 5.76. The zero-order valence-corrected chi connectivity index (χ0v) is 14.7. The van der Waals surface area contributed by atoms with Gasteiger partial charge in [0.25, 0.3) is 0 Å². The molecule has 1 amide bonds. The summed E-state index contributed by atoms with van der Waals surface area (Å²) in [5.74, 6) is 2.41. The molecule has 2 bridgehead atoms. The number of benzene rings is 1. The van der Waals surface area contributed by atoms with Gasteiger partial charge in [-0.25, -0.2) is 0 Å². The summed E-state index contributed by atoms with van der Waals surface area (Å²) >= 11 is 0. The second-order valence-electron chi connectivity index (χ2n) is 7.25. The third kappa shape index (κ3) is 4.22. The van der Waals surface area contributed by atoms with Gasteiger partial charge in [-0.3, -0.25) is 4.79 Å². The van der Waals surface area contributed by atoms with Gasteiger partial charge in [-0.1, -0.05) is 12.5 Å². The first-order valence-electron chi connectivity index (χ1n) is 8.82. The van der Waals surface area contributed by atoms with E-state index < -0.39 is 6.61 Å². The number of methoxy groups -OCH3 is 1. The molecular formula is C19H25F2NO3. The summed E-state index contributed by atoms with van der Waals surface area (Å²) in [6.07, 6.45) is 5.64. The lowest BCUT2D eigenvalue weighted by Crippen LogP contribution is -2.29. The molecule has 2 saturated carbocycles. The van der Waals surface area contributed by atoms with E-state index in [9.17, 15) is 13.6 Å². The van der Waals surface area contributed by atoms with Gasteiger partial charge in [-0.05, 0) is 54.7 Å². The molecule has 138 valence electrons. The normalized spacial score (nSPS) is 24.6. The molecule has 3 unspecified atom stereocenters. The highest BCUT2D eigenvalue weighted by atomic mass is 19.3. The fourth-order valence-corrected chi connectivity index (χ4v) is 4.38. The highest BCUT2D eigenvalue weighted by Gasteiger charge is 2.40. The van der Waals surface area contributed by atoms with Crippen LogP contribution in [0, 0.1) is 17.8 Å². The summed E-state index contributed by atoms with van der Waals surface area (Å²) in [6, 6.07) is 4.85. The van der Waals surface area contributed by atoms with Gasteiger partial charge in [0.05, 0.1) is 7.11 Å². The van der Waals surface area contributed by atoms with Crippen LogP contribution >= 0.6 is 0 Å². The number of halogens is 2. The second kappa shape index (κ2) is 7.58. The Morgan fingerprint density at radius 2 is 2.08 bits per heavy atom. The first kappa shape index (κ1) is 18.0. The standard InChI is InChI=1S/C19H25F2NO3/c1-22(18(23)10-15-8-12-3-5-14(15)7-12)11-13-4-6-16(24-2)17(9-13)25-19(20)21/h4,6,9,12,14-15,19H,3,5,7-8,10-11H2,1-2H3. The van der Waals surface area contributed by atoms with Crippen molar-refractivity contribution < 1.29 is 23.0 Å². The molecule has 3 atom stereocenters. The van der Waals surface area contributed by atoms with Crippen molar-refractivity contribution in [1.82, 2.24) is 4.90 Å². The van der Waals surface area contributed by atoms with Crippen LogP contribution in [-0.4, -0.2) is 31.6 Å². The average molecular weight is 353 g/mol. The van der Waals surface area contributed by atoms with Gasteiger partial charge in [-0.2, -0.15) is 8.78 Å². The quantitative estimate of drug-likeness (QED) is 0.741. The molecule has 2 aliphatic rings. The van der Waals surface area contributed by atoms with E-state index in [0.717, 1.165) is 17.4 Å². The van der Waals surface area contributed by atoms with Crippen molar-refractivity contribution in [2.24, 2.45) is 17.8 Å². The Bertz CT molecular complexity index is 623. The van der Waals surface area contributed by atoms with Crippen LogP contribution < -0.4 is 9.47 Å². The topological polar surface area (TPSA) is 38.8 Å². The first-order chi connectivity index (χ1) is 12.0. The summed E-state index contributed by atoms with van der Waals surface area (Å²) in [5, 5.41) is 0. The fraction of sp³-hybridized carbons (Fsp3) is 0.632. The lowest BCUT2D eigenvalue weighted by Gasteiger charge is -2.24. The van der Waals surface area contributed by atoms with Gasteiger partial charge in [-0.15, -0.1) is 0 Å². The molecule has 0 radical (unpaired) electrons. The molecule has 6 heteroatoms. The summed E-state index contributed by atoms with van der Waals surface area (Å²) in [5.41, 5.74) is 0.736. The van der Waals surface area contributed by atoms with E-state index in [4.69, 9.17) is 4.74 Å². The van der Waals surface area contributed by atoms with E-state index in [1.54, 1.807) is 24.1 Å². The number of nitrogens with zero attached hydrogens (tertiary/aromatic N) is 1. The number of rotatable bonds is 7. The number of amides is 1. The molecule has 1 aromatic rings. The van der Waals surface area contributed by atoms with Crippen molar-refractivity contribution in [2.45, 2.75) is 45.3 Å². The Morgan fingerprint density at radius 3 is 2.68 bits per heavy atom. The van der Waals surface area contributed by atoms with Gasteiger partial charge in [0.15, 0.2) is 11.5 Å². The summed E-state index contributed by atoms with van der Waals surface area (Å²) in [4.78, 5) is 14.2. The smallest absolute Gasteiger partial charge is 0.387 e. The van der Waals surface area contributed by atoms with Gasteiger partial charge in [0.1, 0.15) is 0 Å². The molecule has 3 rings (SSSR count). The Kier molecular flexibility index (Phi) is 5.45. The number of hydrogen-bond acceptors (Lipinski definition) is 3. The predicted molar refractivity (Wildman–Crippen MR) is 89.7 cm³/mol. The molecule has 0 saturated heterocycles. The fourth-order valence-electron chi connectivity index (χ4n) is 4.38. The van der Waals surface area contributed by atoms with Crippen molar-refractivity contribution in [1.29, 1.82) is 0 Å². The largest absolute Gasteiger partial charge is 0.493 e. The van der Waals surface area contributed by atoms with Crippen molar-refractivity contribution in [2.75, 3.05) is 14.2 Å². The van der Waals surface area contributed by atoms with Crippen LogP contribution in [0.4, 0.5) is 8.78 Å². The lowest BCUT2D eigenvalue weighted by atomic mass is 9.86. The Balaban J connectivity index is 1.59. The number of carbonyl (C=O) groups excluding carboxylic acids is 1. The Hall–Kier alpha value is -1.85. The minimum absolute atomic E-state index is 0.0102. The van der Waals surface area contributed by atoms with Crippen molar-refractivity contribution in [3.05, 3.63) is 23.8 Å². The second-order valence-corrected chi connectivity index (χ2v) is 7.25. The summed E-state index contributed by atoms with van der Waals surface area (Å²) in [6.45, 7) is -2.55. The molecular weight excluding hydrogens is 328 g/mol. The molecule has 0 heterocycles. The predicted octanol–water partition coefficient (Wildman–Crippen LogP) is 4.08. The van der Waals surface area contributed by atoms with E-state index in [2.05, 4.69) is 4.74 Å². The van der Waals surface area contributed by atoms with Gasteiger partial charge in [0, 0.05) is 20.0 Å². The monoisotopic (exact) mass is 353 g/mol. The van der Waals surface area contributed by atoms with E-state index in [1.165, 1.54) is 38.9 Å². The number of carbonyl (C=O) groups is 1. The third-order valence-corrected chi connectivity index (χ3v) is 5.61. The minimum Gasteiger partial charge on any atom is -0.493 e. The highest BCUT2D eigenvalue weighted by Crippen LogP contribution is 2.49. The molecule has 1 aromatic carbocycles. The molecule has 25 heavy (non-hydrogen) atoms. The van der Waals surface area contributed by atoms with Crippen LogP contribution in [0.5, 0.6) is 11.5 Å². The molecule has 2 fully saturated rings. The summed E-state index contributed by atoms with van der Waals surface area (Å²) < 4.78 is 34.6. The minimum atomic E-state index is -2.92. The van der Waals surface area contributed by atoms with Crippen molar-refractivity contribution in [3.63, 3.8) is 0 Å². The molecule has 0 spiro atoms. The number of ether oxygens (including phenoxy) is 2. The van der Waals surface area contributed by atoms with Crippen LogP contribution in [-0.2, 0) is 11.3 Å². The summed E-state index contributed by atoms with van der Waals surface area (Å²) in [7, 11) is 3.16. The van der Waals surface area contributed by atoms with Crippen LogP contribution in [0.15, 0.2) is 18.2 Å². The van der Waals surface area contributed by atoms with Crippen LogP contribution in [0.25, 0.3) is 0 Å². The van der Waals surface area contributed by atoms with E-state index in [-0.39, 0.29) is 17.4 Å². The maximum Gasteiger partial charge on any atom is 0.387 e. The van der Waals surface area contributed by atoms with E-state index >= 15 is 0 Å². The lowest BCUT2D eigenvalue weighted by molar-refractivity contribution is -0.131. The molecule has 2 aliphatic carbocycles. The molecule has 0 N–H and O–H groups in total. The van der Waals surface area contributed by atoms with E-state index in [1.807, 2.05) is 0 Å². The van der Waals surface area contributed by atoms with Gasteiger partial charge < -0.3 is 14.4 Å². The molecule has 0 aromatic heterocycles. The number of alkyl halides is 2. The van der Waals surface area contributed by atoms with E-state index in [0.29, 0.717) is 18.9 Å². The maximum absolute atomic E-state index is 12.5. The third-order valence-electron chi connectivity index (χ3n) is 5.61. The van der Waals surface area contributed by atoms with Gasteiger partial charge >= 0.3 is 6.61 Å². The molecule has 4 nitrogen and oxygen atoms in total. The van der Waals surface area contributed by atoms with Gasteiger partial charge in [0.2, 0.25) is 5.91 Å². The maximum atomic E-state index is 12.5. The average Bonchev–Trinajstić information content (AvgIpc) is 3.17. The number of fused-ring (bicyclic) bond motifs is 2. The van der Waals surface area contributed by atoms with Crippen molar-refractivity contribution >= 4 is 5.91 Å². The molecule has 0 aliphatic heterocycles. The van der Waals surface area contributed by atoms with Crippen LogP contribution in [0.3, 0.4) is 0 Å². The van der Waals surface area contributed by atoms with Crippen LogP contribution in [0.2, 0.25) is 0 Å². The Labute approximate surface area is 147 Å². The zero-order chi connectivity index (χ0) is 18.0. The zero-order valence-electron chi connectivity index (χ0n) is 14.7. The van der Waals surface area contributed by atoms with Crippen LogP contribution in [0.1, 0.15) is 37.7 Å². The SMILES string of the molecule is COc1ccc(CN(C)C(=O)CC2CC3CCC2C3)cc1OC(F)F. The number of hydrogen-bond donors (Lipinski definition) is 0. The van der Waals surface area contributed by atoms with Crippen molar-refractivity contribution in [3.8, 4) is 11.5 Å². The Morgan fingerprint density at radius 1 is 1.28 bits per heavy atom. The first-order valence-corrected chi connectivity index (χ1v) is 8.82.